The largest absolute Gasteiger partial charge is 0.229 e. The Bertz CT molecular complexity index is 145. The van der Waals surface area contributed by atoms with E-state index in [0.29, 0.717) is 0 Å². The molecule has 0 atom stereocenters. The van der Waals surface area contributed by atoms with Gasteiger partial charge in [-0.25, -0.2) is 8.42 Å². The summed E-state index contributed by atoms with van der Waals surface area (Å²) in [5.74, 6) is 0.255. The monoisotopic (exact) mass is 166 g/mol. The third kappa shape index (κ3) is 4.79. The molecule has 0 aromatic carbocycles. The standard InChI is InChI=1S/C5H12O2S.C2H6/c1-4-8(6,7)5(2)3;1-2/h5H,4H2,1-3H3;1-2H3. The van der Waals surface area contributed by atoms with Crippen LogP contribution in [0.25, 0.3) is 0 Å². The molecule has 0 heterocycles. The van der Waals surface area contributed by atoms with Crippen molar-refractivity contribution >= 4 is 9.84 Å². The third-order valence-electron chi connectivity index (χ3n) is 1.12. The van der Waals surface area contributed by atoms with E-state index >= 15 is 0 Å². The van der Waals surface area contributed by atoms with E-state index < -0.39 is 9.84 Å². The SMILES string of the molecule is CC.CCS(=O)(=O)C(C)C. The van der Waals surface area contributed by atoms with Crippen LogP contribution in [-0.2, 0) is 9.84 Å². The van der Waals surface area contributed by atoms with Crippen LogP contribution in [0.1, 0.15) is 34.6 Å². The Balaban J connectivity index is 0. The first-order chi connectivity index (χ1) is 4.50. The molecule has 0 aromatic heterocycles. The first kappa shape index (κ1) is 12.6. The van der Waals surface area contributed by atoms with Gasteiger partial charge in [0.2, 0.25) is 0 Å². The van der Waals surface area contributed by atoms with Crippen LogP contribution in [0.5, 0.6) is 0 Å². The lowest BCUT2D eigenvalue weighted by atomic mass is 10.6. The molecule has 10 heavy (non-hydrogen) atoms. The molecular weight excluding hydrogens is 148 g/mol. The second kappa shape index (κ2) is 5.71. The summed E-state index contributed by atoms with van der Waals surface area (Å²) >= 11 is 0. The molecule has 64 valence electrons. The lowest BCUT2D eigenvalue weighted by Crippen LogP contribution is -2.15. The van der Waals surface area contributed by atoms with Crippen LogP contribution < -0.4 is 0 Å². The van der Waals surface area contributed by atoms with Crippen molar-refractivity contribution in [1.82, 2.24) is 0 Å². The van der Waals surface area contributed by atoms with Crippen molar-refractivity contribution in [3.63, 3.8) is 0 Å². The lowest BCUT2D eigenvalue weighted by molar-refractivity contribution is 0.588. The van der Waals surface area contributed by atoms with Gasteiger partial charge in [-0.2, -0.15) is 0 Å². The highest BCUT2D eigenvalue weighted by Gasteiger charge is 2.11. The molecule has 0 rings (SSSR count). The van der Waals surface area contributed by atoms with Crippen molar-refractivity contribution in [1.29, 1.82) is 0 Å². The normalized spacial score (nSPS) is 10.6. The Morgan fingerprint density at radius 3 is 1.50 bits per heavy atom. The minimum absolute atomic E-state index is 0.215. The minimum Gasteiger partial charge on any atom is -0.229 e. The molecule has 0 saturated heterocycles. The van der Waals surface area contributed by atoms with E-state index in [-0.39, 0.29) is 11.0 Å². The van der Waals surface area contributed by atoms with Crippen LogP contribution in [0.2, 0.25) is 0 Å². The van der Waals surface area contributed by atoms with Crippen LogP contribution in [0, 0.1) is 0 Å². The molecule has 0 aliphatic heterocycles. The molecular formula is C7H18O2S. The maximum atomic E-state index is 10.7. The minimum atomic E-state index is -2.74. The quantitative estimate of drug-likeness (QED) is 0.627. The topological polar surface area (TPSA) is 34.1 Å². The van der Waals surface area contributed by atoms with E-state index in [1.54, 1.807) is 20.8 Å². The van der Waals surface area contributed by atoms with Gasteiger partial charge in [-0.1, -0.05) is 20.8 Å². The summed E-state index contributed by atoms with van der Waals surface area (Å²) < 4.78 is 21.4. The molecule has 0 bridgehead atoms. The van der Waals surface area contributed by atoms with Gasteiger partial charge in [0, 0.05) is 5.75 Å². The average molecular weight is 166 g/mol. The van der Waals surface area contributed by atoms with Crippen LogP contribution in [-0.4, -0.2) is 19.4 Å². The van der Waals surface area contributed by atoms with Crippen LogP contribution in [0.4, 0.5) is 0 Å². The Morgan fingerprint density at radius 2 is 1.50 bits per heavy atom. The number of rotatable bonds is 2. The summed E-state index contributed by atoms with van der Waals surface area (Å²) in [6.07, 6.45) is 0. The van der Waals surface area contributed by atoms with Gasteiger partial charge in [0.1, 0.15) is 0 Å². The summed E-state index contributed by atoms with van der Waals surface area (Å²) in [7, 11) is -2.74. The van der Waals surface area contributed by atoms with E-state index in [1.165, 1.54) is 0 Å². The van der Waals surface area contributed by atoms with Gasteiger partial charge in [0.05, 0.1) is 5.25 Å². The van der Waals surface area contributed by atoms with Crippen molar-refractivity contribution in [3.8, 4) is 0 Å². The van der Waals surface area contributed by atoms with Crippen molar-refractivity contribution in [3.05, 3.63) is 0 Å². The molecule has 0 N–H and O–H groups in total. The average Bonchev–Trinajstić information content (AvgIpc) is 1.92. The van der Waals surface area contributed by atoms with Gasteiger partial charge >= 0.3 is 0 Å². The zero-order valence-corrected chi connectivity index (χ0v) is 8.33. The maximum Gasteiger partial charge on any atom is 0.152 e. The molecule has 0 amide bonds. The van der Waals surface area contributed by atoms with Crippen LogP contribution in [0.15, 0.2) is 0 Å². The molecule has 3 heteroatoms. The fraction of sp³-hybridized carbons (Fsp3) is 1.00. The highest BCUT2D eigenvalue weighted by atomic mass is 32.2. The predicted octanol–water partition coefficient (Wildman–Crippen LogP) is 1.86. The molecule has 0 radical (unpaired) electrons. The third-order valence-corrected chi connectivity index (χ3v) is 3.36. The van der Waals surface area contributed by atoms with Crippen molar-refractivity contribution < 1.29 is 8.42 Å². The Morgan fingerprint density at radius 1 is 1.20 bits per heavy atom. The summed E-state index contributed by atoms with van der Waals surface area (Å²) in [4.78, 5) is 0. The van der Waals surface area contributed by atoms with Crippen molar-refractivity contribution in [2.45, 2.75) is 39.9 Å². The summed E-state index contributed by atoms with van der Waals surface area (Å²) in [5.41, 5.74) is 0. The van der Waals surface area contributed by atoms with Gasteiger partial charge in [0.15, 0.2) is 9.84 Å². The number of hydrogen-bond donors (Lipinski definition) is 0. The molecule has 0 fully saturated rings. The summed E-state index contributed by atoms with van der Waals surface area (Å²) in [5, 5.41) is -0.215. The molecule has 0 unspecified atom stereocenters. The Hall–Kier alpha value is -0.0500. The highest BCUT2D eigenvalue weighted by molar-refractivity contribution is 7.91. The Kier molecular flexibility index (Phi) is 7.21. The molecule has 0 aromatic rings. The number of sulfone groups is 1. The summed E-state index contributed by atoms with van der Waals surface area (Å²) in [6, 6.07) is 0. The first-order valence-corrected chi connectivity index (χ1v) is 5.43. The highest BCUT2D eigenvalue weighted by Crippen LogP contribution is 1.97. The van der Waals surface area contributed by atoms with Crippen LogP contribution >= 0.6 is 0 Å². The van der Waals surface area contributed by atoms with Crippen molar-refractivity contribution in [2.75, 3.05) is 5.75 Å². The van der Waals surface area contributed by atoms with Crippen LogP contribution in [0.3, 0.4) is 0 Å². The molecule has 0 saturated carbocycles. The van der Waals surface area contributed by atoms with Gasteiger partial charge < -0.3 is 0 Å². The van der Waals surface area contributed by atoms with E-state index in [4.69, 9.17) is 0 Å². The zero-order chi connectivity index (χ0) is 8.78. The number of hydrogen-bond acceptors (Lipinski definition) is 2. The second-order valence-corrected chi connectivity index (χ2v) is 4.85. The lowest BCUT2D eigenvalue weighted by Gasteiger charge is -2.01. The molecule has 0 aliphatic rings. The van der Waals surface area contributed by atoms with Crippen molar-refractivity contribution in [2.24, 2.45) is 0 Å². The summed E-state index contributed by atoms with van der Waals surface area (Å²) in [6.45, 7) is 9.05. The fourth-order valence-electron chi connectivity index (χ4n) is 0.333. The smallest absolute Gasteiger partial charge is 0.152 e. The Labute approximate surface area is 64.6 Å². The zero-order valence-electron chi connectivity index (χ0n) is 7.51. The fourth-order valence-corrected chi connectivity index (χ4v) is 1.00. The van der Waals surface area contributed by atoms with E-state index in [0.717, 1.165) is 0 Å². The predicted molar refractivity (Wildman–Crippen MR) is 45.9 cm³/mol. The van der Waals surface area contributed by atoms with Gasteiger partial charge in [-0.15, -0.1) is 0 Å². The molecule has 2 nitrogen and oxygen atoms in total. The second-order valence-electron chi connectivity index (χ2n) is 2.00. The molecule has 0 aliphatic carbocycles. The molecule has 0 spiro atoms. The van der Waals surface area contributed by atoms with Gasteiger partial charge in [-0.05, 0) is 13.8 Å². The first-order valence-electron chi connectivity index (χ1n) is 3.72. The van der Waals surface area contributed by atoms with Gasteiger partial charge in [-0.3, -0.25) is 0 Å². The maximum absolute atomic E-state index is 10.7. The van der Waals surface area contributed by atoms with Gasteiger partial charge in [0.25, 0.3) is 0 Å². The van der Waals surface area contributed by atoms with E-state index in [9.17, 15) is 8.42 Å². The van der Waals surface area contributed by atoms with E-state index in [1.807, 2.05) is 13.8 Å². The van der Waals surface area contributed by atoms with E-state index in [2.05, 4.69) is 0 Å².